The van der Waals surface area contributed by atoms with Gasteiger partial charge in [-0.2, -0.15) is 4.68 Å². The molecular formula is C24H26N6O. The van der Waals surface area contributed by atoms with Crippen molar-refractivity contribution in [2.24, 2.45) is 5.92 Å². The summed E-state index contributed by atoms with van der Waals surface area (Å²) in [4.78, 5) is 17.1. The van der Waals surface area contributed by atoms with Crippen LogP contribution in [0.4, 0.5) is 5.95 Å². The summed E-state index contributed by atoms with van der Waals surface area (Å²) in [7, 11) is 0. The maximum atomic E-state index is 13.2. The van der Waals surface area contributed by atoms with Crippen molar-refractivity contribution < 1.29 is 4.79 Å². The molecule has 0 radical (unpaired) electrons. The minimum atomic E-state index is -0.136. The monoisotopic (exact) mass is 414 g/mol. The van der Waals surface area contributed by atoms with Gasteiger partial charge in [-0.1, -0.05) is 72.7 Å². The molecule has 0 bridgehead atoms. The smallest absolute Gasteiger partial charge is 0.251 e. The number of carbonyl (C=O) groups excluding carboxylic acids is 1. The number of fused-ring (bicyclic) bond motifs is 1. The molecule has 1 amide bonds. The van der Waals surface area contributed by atoms with Crippen molar-refractivity contribution in [1.29, 1.82) is 0 Å². The van der Waals surface area contributed by atoms with Crippen LogP contribution >= 0.6 is 0 Å². The van der Waals surface area contributed by atoms with E-state index in [1.54, 1.807) is 4.68 Å². The Hall–Kier alpha value is -3.48. The SMILES string of the molecule is CC1CCN(C(=O)CN2C(c3ccccc3)=CC(c3ccccc3)n3nnnc32)CC1. The van der Waals surface area contributed by atoms with Gasteiger partial charge in [0, 0.05) is 13.1 Å². The Kier molecular flexibility index (Phi) is 5.24. The molecule has 1 fully saturated rings. The van der Waals surface area contributed by atoms with Crippen molar-refractivity contribution in [3.8, 4) is 0 Å². The van der Waals surface area contributed by atoms with Gasteiger partial charge in [0.05, 0.1) is 5.70 Å². The molecule has 7 nitrogen and oxygen atoms in total. The second kappa shape index (κ2) is 8.34. The molecule has 158 valence electrons. The summed E-state index contributed by atoms with van der Waals surface area (Å²) >= 11 is 0. The average Bonchev–Trinajstić information content (AvgIpc) is 3.31. The molecule has 3 aromatic rings. The highest BCUT2D eigenvalue weighted by Crippen LogP contribution is 2.36. The molecule has 0 N–H and O–H groups in total. The van der Waals surface area contributed by atoms with E-state index in [4.69, 9.17) is 0 Å². The maximum Gasteiger partial charge on any atom is 0.251 e. The molecule has 7 heteroatoms. The van der Waals surface area contributed by atoms with Crippen LogP contribution in [-0.2, 0) is 4.79 Å². The Bertz CT molecular complexity index is 1070. The first kappa shape index (κ1) is 19.5. The van der Waals surface area contributed by atoms with Gasteiger partial charge in [0.25, 0.3) is 5.95 Å². The molecule has 1 unspecified atom stereocenters. The number of tetrazole rings is 1. The van der Waals surface area contributed by atoms with Crippen LogP contribution in [0, 0.1) is 5.92 Å². The van der Waals surface area contributed by atoms with E-state index in [-0.39, 0.29) is 18.5 Å². The predicted octanol–water partition coefficient (Wildman–Crippen LogP) is 3.38. The van der Waals surface area contributed by atoms with E-state index < -0.39 is 0 Å². The van der Waals surface area contributed by atoms with Crippen LogP contribution in [0.15, 0.2) is 66.7 Å². The summed E-state index contributed by atoms with van der Waals surface area (Å²) < 4.78 is 1.80. The van der Waals surface area contributed by atoms with Crippen LogP contribution < -0.4 is 4.90 Å². The van der Waals surface area contributed by atoms with Gasteiger partial charge in [0.15, 0.2) is 0 Å². The Morgan fingerprint density at radius 1 is 1.00 bits per heavy atom. The molecule has 0 aliphatic carbocycles. The Morgan fingerprint density at radius 2 is 1.68 bits per heavy atom. The van der Waals surface area contributed by atoms with E-state index in [0.29, 0.717) is 11.9 Å². The normalized spacial score (nSPS) is 19.1. The first-order chi connectivity index (χ1) is 15.2. The third-order valence-corrected chi connectivity index (χ3v) is 6.23. The van der Waals surface area contributed by atoms with Gasteiger partial charge in [-0.3, -0.25) is 9.69 Å². The van der Waals surface area contributed by atoms with Gasteiger partial charge in [-0.05, 0) is 46.4 Å². The fourth-order valence-corrected chi connectivity index (χ4v) is 4.36. The van der Waals surface area contributed by atoms with Gasteiger partial charge < -0.3 is 4.90 Å². The summed E-state index contributed by atoms with van der Waals surface area (Å²) in [5.74, 6) is 1.38. The number of carbonyl (C=O) groups is 1. The molecule has 2 aliphatic heterocycles. The van der Waals surface area contributed by atoms with Gasteiger partial charge >= 0.3 is 0 Å². The Morgan fingerprint density at radius 3 is 2.39 bits per heavy atom. The Labute approximate surface area is 182 Å². The van der Waals surface area contributed by atoms with Crippen LogP contribution in [0.25, 0.3) is 5.70 Å². The van der Waals surface area contributed by atoms with E-state index in [1.807, 2.05) is 46.2 Å². The number of amides is 1. The molecule has 5 rings (SSSR count). The molecule has 3 heterocycles. The van der Waals surface area contributed by atoms with Gasteiger partial charge in [-0.15, -0.1) is 0 Å². The quantitative estimate of drug-likeness (QED) is 0.655. The van der Waals surface area contributed by atoms with E-state index in [2.05, 4.69) is 52.8 Å². The number of nitrogens with zero attached hydrogens (tertiary/aromatic N) is 6. The first-order valence-electron chi connectivity index (χ1n) is 10.9. The van der Waals surface area contributed by atoms with E-state index in [1.165, 1.54) is 0 Å². The zero-order valence-corrected chi connectivity index (χ0v) is 17.6. The average molecular weight is 415 g/mol. The number of benzene rings is 2. The van der Waals surface area contributed by atoms with Crippen LogP contribution in [0.1, 0.15) is 36.9 Å². The van der Waals surface area contributed by atoms with E-state index >= 15 is 0 Å². The standard InChI is InChI=1S/C24H26N6O/c1-18-12-14-28(15-13-18)23(31)17-29-21(19-8-4-2-5-9-19)16-22(20-10-6-3-7-11-20)30-24(29)25-26-27-30/h2-11,16,18,22H,12-15,17H2,1H3. The van der Waals surface area contributed by atoms with Crippen molar-refractivity contribution >= 4 is 17.6 Å². The summed E-state index contributed by atoms with van der Waals surface area (Å²) in [6, 6.07) is 20.2. The number of piperidine rings is 1. The van der Waals surface area contributed by atoms with Crippen LogP contribution in [0.2, 0.25) is 0 Å². The lowest BCUT2D eigenvalue weighted by molar-refractivity contribution is -0.130. The van der Waals surface area contributed by atoms with Gasteiger partial charge in [0.1, 0.15) is 12.6 Å². The minimum Gasteiger partial charge on any atom is -0.341 e. The lowest BCUT2D eigenvalue weighted by Crippen LogP contribution is -2.45. The number of rotatable bonds is 4. The van der Waals surface area contributed by atoms with Gasteiger partial charge in [-0.25, -0.2) is 0 Å². The van der Waals surface area contributed by atoms with Crippen molar-refractivity contribution in [2.75, 3.05) is 24.5 Å². The molecule has 31 heavy (non-hydrogen) atoms. The predicted molar refractivity (Wildman–Crippen MR) is 119 cm³/mol. The molecule has 0 saturated carbocycles. The topological polar surface area (TPSA) is 67.2 Å². The van der Waals surface area contributed by atoms with Crippen molar-refractivity contribution in [1.82, 2.24) is 25.1 Å². The largest absolute Gasteiger partial charge is 0.341 e. The van der Waals surface area contributed by atoms with Crippen molar-refractivity contribution in [2.45, 2.75) is 25.8 Å². The van der Waals surface area contributed by atoms with Crippen LogP contribution in [0.3, 0.4) is 0 Å². The molecule has 1 aromatic heterocycles. The fourth-order valence-electron chi connectivity index (χ4n) is 4.36. The molecule has 1 saturated heterocycles. The number of allylic oxidation sites excluding steroid dienone is 1. The second-order valence-electron chi connectivity index (χ2n) is 8.35. The number of hydrogen-bond donors (Lipinski definition) is 0. The second-order valence-corrected chi connectivity index (χ2v) is 8.35. The van der Waals surface area contributed by atoms with Gasteiger partial charge in [0.2, 0.25) is 5.91 Å². The van der Waals surface area contributed by atoms with Crippen LogP contribution in [0.5, 0.6) is 0 Å². The Balaban J connectivity index is 1.52. The highest BCUT2D eigenvalue weighted by Gasteiger charge is 2.33. The van der Waals surface area contributed by atoms with Crippen molar-refractivity contribution in [3.63, 3.8) is 0 Å². The number of anilines is 1. The third kappa shape index (κ3) is 3.83. The molecule has 1 atom stereocenters. The lowest BCUT2D eigenvalue weighted by Gasteiger charge is -2.35. The summed E-state index contributed by atoms with van der Waals surface area (Å²) in [5, 5.41) is 12.5. The summed E-state index contributed by atoms with van der Waals surface area (Å²) in [5.41, 5.74) is 3.09. The lowest BCUT2D eigenvalue weighted by atomic mass is 9.99. The number of aromatic nitrogens is 4. The van der Waals surface area contributed by atoms with E-state index in [9.17, 15) is 4.79 Å². The minimum absolute atomic E-state index is 0.112. The van der Waals surface area contributed by atoms with Crippen LogP contribution in [-0.4, -0.2) is 50.6 Å². The molecular weight excluding hydrogens is 388 g/mol. The summed E-state index contributed by atoms with van der Waals surface area (Å²) in [6.45, 7) is 4.10. The highest BCUT2D eigenvalue weighted by molar-refractivity contribution is 5.89. The summed E-state index contributed by atoms with van der Waals surface area (Å²) in [6.07, 6.45) is 4.27. The van der Waals surface area contributed by atoms with Crippen molar-refractivity contribution in [3.05, 3.63) is 77.9 Å². The maximum absolute atomic E-state index is 13.2. The number of likely N-dealkylation sites (tertiary alicyclic amines) is 1. The zero-order chi connectivity index (χ0) is 21.2. The molecule has 2 aromatic carbocycles. The molecule has 2 aliphatic rings. The highest BCUT2D eigenvalue weighted by atomic mass is 16.2. The first-order valence-corrected chi connectivity index (χ1v) is 10.9. The zero-order valence-electron chi connectivity index (χ0n) is 17.6. The fraction of sp³-hybridized carbons (Fsp3) is 0.333. The molecule has 0 spiro atoms. The third-order valence-electron chi connectivity index (χ3n) is 6.23. The number of hydrogen-bond acceptors (Lipinski definition) is 5. The van der Waals surface area contributed by atoms with E-state index in [0.717, 1.165) is 42.8 Å².